The number of carbonyl (C=O) groups excluding carboxylic acids is 2. The molecule has 0 N–H and O–H groups in total. The SMILES string of the molecule is CCCN1CCCN(c2cccc(F)c2C(C)=O)CC1=O. The van der Waals surface area contributed by atoms with Gasteiger partial charge in [0.15, 0.2) is 5.78 Å². The number of nitrogens with zero attached hydrogens (tertiary/aromatic N) is 2. The number of benzene rings is 1. The third kappa shape index (κ3) is 3.40. The van der Waals surface area contributed by atoms with E-state index >= 15 is 0 Å². The van der Waals surface area contributed by atoms with E-state index in [4.69, 9.17) is 0 Å². The number of anilines is 1. The molecular weight excluding hydrogens is 271 g/mol. The molecule has 21 heavy (non-hydrogen) atoms. The van der Waals surface area contributed by atoms with Crippen LogP contribution >= 0.6 is 0 Å². The minimum atomic E-state index is -0.526. The summed E-state index contributed by atoms with van der Waals surface area (Å²) in [6, 6.07) is 4.57. The molecule has 0 aliphatic carbocycles. The topological polar surface area (TPSA) is 40.6 Å². The summed E-state index contributed by atoms with van der Waals surface area (Å²) in [5, 5.41) is 0. The van der Waals surface area contributed by atoms with Gasteiger partial charge in [0.1, 0.15) is 5.82 Å². The van der Waals surface area contributed by atoms with Crippen LogP contribution < -0.4 is 4.90 Å². The molecule has 1 amide bonds. The first-order valence-electron chi connectivity index (χ1n) is 7.36. The van der Waals surface area contributed by atoms with Crippen LogP contribution in [0.4, 0.5) is 10.1 Å². The van der Waals surface area contributed by atoms with E-state index in [1.165, 1.54) is 13.0 Å². The van der Waals surface area contributed by atoms with Crippen LogP contribution in [0.2, 0.25) is 0 Å². The van der Waals surface area contributed by atoms with Crippen LogP contribution in [0.1, 0.15) is 37.0 Å². The first-order valence-corrected chi connectivity index (χ1v) is 7.36. The smallest absolute Gasteiger partial charge is 0.242 e. The van der Waals surface area contributed by atoms with Crippen molar-refractivity contribution in [2.24, 2.45) is 0 Å². The summed E-state index contributed by atoms with van der Waals surface area (Å²) in [4.78, 5) is 27.6. The van der Waals surface area contributed by atoms with Crippen molar-refractivity contribution in [2.75, 3.05) is 31.1 Å². The van der Waals surface area contributed by atoms with Gasteiger partial charge in [-0.15, -0.1) is 0 Å². The summed E-state index contributed by atoms with van der Waals surface area (Å²) in [6.45, 7) is 5.70. The molecule has 114 valence electrons. The van der Waals surface area contributed by atoms with Crippen molar-refractivity contribution in [3.05, 3.63) is 29.6 Å². The van der Waals surface area contributed by atoms with Crippen LogP contribution in [0.3, 0.4) is 0 Å². The fraction of sp³-hybridized carbons (Fsp3) is 0.500. The van der Waals surface area contributed by atoms with Gasteiger partial charge >= 0.3 is 0 Å². The second-order valence-electron chi connectivity index (χ2n) is 5.35. The zero-order valence-corrected chi connectivity index (χ0v) is 12.6. The highest BCUT2D eigenvalue weighted by Crippen LogP contribution is 2.25. The molecule has 1 aromatic carbocycles. The number of ketones is 1. The van der Waals surface area contributed by atoms with Crippen LogP contribution in [-0.4, -0.2) is 42.8 Å². The lowest BCUT2D eigenvalue weighted by molar-refractivity contribution is -0.129. The minimum absolute atomic E-state index is 0.0353. The van der Waals surface area contributed by atoms with Crippen molar-refractivity contribution in [1.82, 2.24) is 4.90 Å². The highest BCUT2D eigenvalue weighted by molar-refractivity contribution is 6.00. The molecule has 5 heteroatoms. The fourth-order valence-corrected chi connectivity index (χ4v) is 2.76. The van der Waals surface area contributed by atoms with E-state index < -0.39 is 5.82 Å². The molecule has 1 fully saturated rings. The van der Waals surface area contributed by atoms with Gasteiger partial charge in [0, 0.05) is 19.6 Å². The highest BCUT2D eigenvalue weighted by Gasteiger charge is 2.24. The number of halogens is 1. The molecule has 0 aromatic heterocycles. The minimum Gasteiger partial charge on any atom is -0.361 e. The Morgan fingerprint density at radius 2 is 2.10 bits per heavy atom. The Balaban J connectivity index is 2.29. The molecule has 1 aromatic rings. The number of carbonyl (C=O) groups is 2. The predicted octanol–water partition coefficient (Wildman–Crippen LogP) is 2.48. The standard InChI is InChI=1S/C16H21FN2O2/c1-3-8-18-9-5-10-19(11-15(18)21)14-7-4-6-13(17)16(14)12(2)20/h4,6-7H,3,5,8-11H2,1-2H3. The van der Waals surface area contributed by atoms with Crippen LogP contribution in [0.25, 0.3) is 0 Å². The number of hydrogen-bond donors (Lipinski definition) is 0. The Kier molecular flexibility index (Phi) is 4.94. The molecule has 0 spiro atoms. The van der Waals surface area contributed by atoms with Crippen LogP contribution in [-0.2, 0) is 4.79 Å². The van der Waals surface area contributed by atoms with Gasteiger partial charge < -0.3 is 9.80 Å². The van der Waals surface area contributed by atoms with Crippen molar-refractivity contribution < 1.29 is 14.0 Å². The summed E-state index contributed by atoms with van der Waals surface area (Å²) in [6.07, 6.45) is 1.74. The zero-order valence-electron chi connectivity index (χ0n) is 12.6. The maximum atomic E-state index is 13.9. The Morgan fingerprint density at radius 1 is 1.33 bits per heavy atom. The lowest BCUT2D eigenvalue weighted by Crippen LogP contribution is -2.37. The van der Waals surface area contributed by atoms with Crippen LogP contribution in [0.5, 0.6) is 0 Å². The van der Waals surface area contributed by atoms with Gasteiger partial charge in [-0.25, -0.2) is 4.39 Å². The van der Waals surface area contributed by atoms with E-state index in [1.54, 1.807) is 12.1 Å². The molecule has 1 saturated heterocycles. The third-order valence-corrected chi connectivity index (χ3v) is 3.71. The quantitative estimate of drug-likeness (QED) is 0.801. The molecule has 0 unspecified atom stereocenters. The second kappa shape index (κ2) is 6.70. The maximum absolute atomic E-state index is 13.9. The average Bonchev–Trinajstić information content (AvgIpc) is 2.61. The van der Waals surface area contributed by atoms with Crippen LogP contribution in [0, 0.1) is 5.82 Å². The van der Waals surface area contributed by atoms with E-state index in [0.29, 0.717) is 18.8 Å². The molecule has 4 nitrogen and oxygen atoms in total. The largest absolute Gasteiger partial charge is 0.361 e. The summed E-state index contributed by atoms with van der Waals surface area (Å²) < 4.78 is 13.9. The van der Waals surface area contributed by atoms with Crippen LogP contribution in [0.15, 0.2) is 18.2 Å². The van der Waals surface area contributed by atoms with E-state index in [0.717, 1.165) is 19.4 Å². The van der Waals surface area contributed by atoms with Gasteiger partial charge in [0.25, 0.3) is 0 Å². The molecule has 0 bridgehead atoms. The highest BCUT2D eigenvalue weighted by atomic mass is 19.1. The molecule has 0 atom stereocenters. The van der Waals surface area contributed by atoms with Gasteiger partial charge in [-0.1, -0.05) is 13.0 Å². The van der Waals surface area contributed by atoms with E-state index in [2.05, 4.69) is 0 Å². The Hall–Kier alpha value is -1.91. The van der Waals surface area contributed by atoms with Crippen molar-refractivity contribution in [1.29, 1.82) is 0 Å². The molecular formula is C16H21FN2O2. The van der Waals surface area contributed by atoms with E-state index in [9.17, 15) is 14.0 Å². The number of Topliss-reactive ketones (excluding diaryl/α,β-unsaturated/α-hetero) is 1. The summed E-state index contributed by atoms with van der Waals surface area (Å²) in [5.41, 5.74) is 0.600. The number of rotatable bonds is 4. The van der Waals surface area contributed by atoms with E-state index in [-0.39, 0.29) is 23.8 Å². The summed E-state index contributed by atoms with van der Waals surface area (Å²) >= 11 is 0. The molecule has 1 heterocycles. The maximum Gasteiger partial charge on any atom is 0.242 e. The number of hydrogen-bond acceptors (Lipinski definition) is 3. The Morgan fingerprint density at radius 3 is 2.76 bits per heavy atom. The first-order chi connectivity index (χ1) is 10.0. The van der Waals surface area contributed by atoms with Crippen molar-refractivity contribution in [3.63, 3.8) is 0 Å². The lowest BCUT2D eigenvalue weighted by atomic mass is 10.1. The van der Waals surface area contributed by atoms with Crippen molar-refractivity contribution in [2.45, 2.75) is 26.7 Å². The second-order valence-corrected chi connectivity index (χ2v) is 5.35. The van der Waals surface area contributed by atoms with Gasteiger partial charge in [0.2, 0.25) is 5.91 Å². The molecule has 1 aliphatic rings. The Bertz CT molecular complexity index is 545. The van der Waals surface area contributed by atoms with Crippen molar-refractivity contribution in [3.8, 4) is 0 Å². The molecule has 0 saturated carbocycles. The Labute approximate surface area is 124 Å². The summed E-state index contributed by atoms with van der Waals surface area (Å²) in [7, 11) is 0. The summed E-state index contributed by atoms with van der Waals surface area (Å²) in [5.74, 6) is -0.805. The predicted molar refractivity (Wildman–Crippen MR) is 80.1 cm³/mol. The zero-order chi connectivity index (χ0) is 15.4. The van der Waals surface area contributed by atoms with Gasteiger partial charge in [-0.3, -0.25) is 9.59 Å². The normalized spacial score (nSPS) is 16.0. The molecule has 2 rings (SSSR count). The first kappa shape index (κ1) is 15.5. The third-order valence-electron chi connectivity index (χ3n) is 3.71. The lowest BCUT2D eigenvalue weighted by Gasteiger charge is -2.24. The number of amides is 1. The fourth-order valence-electron chi connectivity index (χ4n) is 2.76. The molecule has 1 aliphatic heterocycles. The average molecular weight is 292 g/mol. The monoisotopic (exact) mass is 292 g/mol. The van der Waals surface area contributed by atoms with Gasteiger partial charge in [-0.2, -0.15) is 0 Å². The van der Waals surface area contributed by atoms with E-state index in [1.807, 2.05) is 16.7 Å². The van der Waals surface area contributed by atoms with Gasteiger partial charge in [0.05, 0.1) is 17.8 Å². The van der Waals surface area contributed by atoms with Gasteiger partial charge in [-0.05, 0) is 31.9 Å². The molecule has 0 radical (unpaired) electrons. The van der Waals surface area contributed by atoms with Crippen molar-refractivity contribution >= 4 is 17.4 Å².